The summed E-state index contributed by atoms with van der Waals surface area (Å²) in [6.45, 7) is 2.78. The van der Waals surface area contributed by atoms with Gasteiger partial charge in [0, 0.05) is 20.2 Å². The highest BCUT2D eigenvalue weighted by atomic mass is 19.1. The Morgan fingerprint density at radius 2 is 1.89 bits per heavy atom. The van der Waals surface area contributed by atoms with Gasteiger partial charge in [-0.1, -0.05) is 36.4 Å². The lowest BCUT2D eigenvalue weighted by Crippen LogP contribution is -2.36. The molecule has 6 nitrogen and oxygen atoms in total. The van der Waals surface area contributed by atoms with Gasteiger partial charge >= 0.3 is 0 Å². The lowest BCUT2D eigenvalue weighted by molar-refractivity contribution is 0.170. The van der Waals surface area contributed by atoms with Crippen molar-refractivity contribution < 1.29 is 9.13 Å². The fraction of sp³-hybridized carbons (Fsp3) is 0.350. The maximum absolute atomic E-state index is 13.5. The highest BCUT2D eigenvalue weighted by molar-refractivity contribution is 5.31. The number of aromatic nitrogens is 4. The zero-order valence-corrected chi connectivity index (χ0v) is 15.3. The molecular weight excluding hydrogens is 345 g/mol. The summed E-state index contributed by atoms with van der Waals surface area (Å²) in [5, 5.41) is 12.3. The van der Waals surface area contributed by atoms with E-state index in [1.54, 1.807) is 11.8 Å². The van der Waals surface area contributed by atoms with E-state index in [9.17, 15) is 4.39 Å². The van der Waals surface area contributed by atoms with Crippen molar-refractivity contribution in [3.63, 3.8) is 0 Å². The first-order chi connectivity index (χ1) is 13.3. The number of halogens is 1. The minimum Gasteiger partial charge on any atom is -0.383 e. The number of fused-ring (bicyclic) bond motifs is 1. The third-order valence-electron chi connectivity index (χ3n) is 5.02. The first-order valence-corrected chi connectivity index (χ1v) is 9.07. The number of nitrogens with zero attached hydrogens (tertiary/aromatic N) is 5. The lowest BCUT2D eigenvalue weighted by atomic mass is 9.96. The van der Waals surface area contributed by atoms with Gasteiger partial charge in [-0.25, -0.2) is 9.07 Å². The molecule has 1 aromatic heterocycles. The summed E-state index contributed by atoms with van der Waals surface area (Å²) < 4.78 is 20.5. The van der Waals surface area contributed by atoms with Crippen molar-refractivity contribution in [1.29, 1.82) is 0 Å². The van der Waals surface area contributed by atoms with Crippen LogP contribution in [0.3, 0.4) is 0 Å². The van der Waals surface area contributed by atoms with Crippen LogP contribution >= 0.6 is 0 Å². The average molecular weight is 367 g/mol. The van der Waals surface area contributed by atoms with Crippen LogP contribution in [-0.4, -0.2) is 45.4 Å². The smallest absolute Gasteiger partial charge is 0.173 e. The molecule has 0 saturated heterocycles. The summed E-state index contributed by atoms with van der Waals surface area (Å²) in [7, 11) is 1.66. The van der Waals surface area contributed by atoms with E-state index in [1.165, 1.54) is 23.3 Å². The van der Waals surface area contributed by atoms with Gasteiger partial charge in [0.2, 0.25) is 0 Å². The molecule has 1 aliphatic rings. The second-order valence-electron chi connectivity index (χ2n) is 6.70. The van der Waals surface area contributed by atoms with Crippen molar-refractivity contribution in [2.24, 2.45) is 0 Å². The highest BCUT2D eigenvalue weighted by Crippen LogP contribution is 2.32. The van der Waals surface area contributed by atoms with Crippen molar-refractivity contribution in [2.45, 2.75) is 25.6 Å². The maximum atomic E-state index is 13.5. The monoisotopic (exact) mass is 367 g/mol. The molecule has 27 heavy (non-hydrogen) atoms. The summed E-state index contributed by atoms with van der Waals surface area (Å²) in [5.41, 5.74) is 3.67. The van der Waals surface area contributed by atoms with E-state index in [1.807, 2.05) is 12.1 Å². The van der Waals surface area contributed by atoms with E-state index >= 15 is 0 Å². The molecule has 0 radical (unpaired) electrons. The Labute approximate surface area is 157 Å². The summed E-state index contributed by atoms with van der Waals surface area (Å²) in [5.74, 6) is 0.499. The molecule has 0 saturated carbocycles. The number of methoxy groups -OCH3 is 1. The first kappa shape index (κ1) is 17.8. The van der Waals surface area contributed by atoms with Crippen LogP contribution in [0, 0.1) is 5.82 Å². The molecule has 7 heteroatoms. The van der Waals surface area contributed by atoms with Crippen molar-refractivity contribution in [2.75, 3.05) is 20.3 Å². The molecule has 0 amide bonds. The SMILES string of the molecule is COCCn1nnnc1[C@H](c1ccc(F)cc1)N1CCc2ccccc2C1. The Morgan fingerprint density at radius 1 is 1.11 bits per heavy atom. The molecule has 0 fully saturated rings. The molecule has 0 bridgehead atoms. The average Bonchev–Trinajstić information content (AvgIpc) is 3.16. The Hall–Kier alpha value is -2.64. The summed E-state index contributed by atoms with van der Waals surface area (Å²) in [6, 6.07) is 15.0. The zero-order valence-electron chi connectivity index (χ0n) is 15.3. The molecule has 0 spiro atoms. The molecule has 2 aromatic carbocycles. The number of hydrogen-bond acceptors (Lipinski definition) is 5. The molecule has 140 valence electrons. The highest BCUT2D eigenvalue weighted by Gasteiger charge is 2.30. The van der Waals surface area contributed by atoms with Crippen LogP contribution in [-0.2, 0) is 24.2 Å². The first-order valence-electron chi connectivity index (χ1n) is 9.07. The van der Waals surface area contributed by atoms with Crippen molar-refractivity contribution >= 4 is 0 Å². The number of benzene rings is 2. The normalized spacial score (nSPS) is 15.5. The van der Waals surface area contributed by atoms with Gasteiger partial charge in [0.25, 0.3) is 0 Å². The second-order valence-corrected chi connectivity index (χ2v) is 6.70. The van der Waals surface area contributed by atoms with E-state index in [2.05, 4.69) is 44.7 Å². The Morgan fingerprint density at radius 3 is 2.67 bits per heavy atom. The molecule has 1 aliphatic heterocycles. The van der Waals surface area contributed by atoms with Crippen LogP contribution in [0.5, 0.6) is 0 Å². The predicted molar refractivity (Wildman–Crippen MR) is 98.5 cm³/mol. The van der Waals surface area contributed by atoms with Gasteiger partial charge < -0.3 is 4.74 Å². The van der Waals surface area contributed by atoms with Crippen LogP contribution < -0.4 is 0 Å². The van der Waals surface area contributed by atoms with Crippen LogP contribution in [0.4, 0.5) is 4.39 Å². The Kier molecular flexibility index (Phi) is 5.22. The van der Waals surface area contributed by atoms with Gasteiger partial charge in [0.15, 0.2) is 5.82 Å². The third-order valence-corrected chi connectivity index (χ3v) is 5.02. The fourth-order valence-corrected chi connectivity index (χ4v) is 3.65. The maximum Gasteiger partial charge on any atom is 0.173 e. The third kappa shape index (κ3) is 3.74. The minimum absolute atomic E-state index is 0.147. The Balaban J connectivity index is 1.71. The van der Waals surface area contributed by atoms with Gasteiger partial charge in [0.1, 0.15) is 5.82 Å². The fourth-order valence-electron chi connectivity index (χ4n) is 3.65. The molecule has 2 heterocycles. The molecule has 3 aromatic rings. The number of hydrogen-bond donors (Lipinski definition) is 0. The van der Waals surface area contributed by atoms with E-state index in [4.69, 9.17) is 4.74 Å². The topological polar surface area (TPSA) is 56.1 Å². The van der Waals surface area contributed by atoms with Crippen LogP contribution in [0.25, 0.3) is 0 Å². The minimum atomic E-state index is -0.250. The van der Waals surface area contributed by atoms with Crippen LogP contribution in [0.15, 0.2) is 48.5 Å². The quantitative estimate of drug-likeness (QED) is 0.670. The molecule has 0 N–H and O–H groups in total. The van der Waals surface area contributed by atoms with Gasteiger partial charge in [-0.3, -0.25) is 4.90 Å². The summed E-state index contributed by atoms with van der Waals surface area (Å²) >= 11 is 0. The molecule has 1 atom stereocenters. The second kappa shape index (κ2) is 7.94. The number of rotatable bonds is 6. The lowest BCUT2D eigenvalue weighted by Gasteiger charge is -2.35. The van der Waals surface area contributed by atoms with Crippen LogP contribution in [0.1, 0.15) is 28.6 Å². The number of tetrazole rings is 1. The van der Waals surface area contributed by atoms with E-state index in [0.717, 1.165) is 30.9 Å². The largest absolute Gasteiger partial charge is 0.383 e. The number of ether oxygens (including phenoxy) is 1. The summed E-state index contributed by atoms with van der Waals surface area (Å²) in [4.78, 5) is 2.35. The van der Waals surface area contributed by atoms with Crippen LogP contribution in [0.2, 0.25) is 0 Å². The van der Waals surface area contributed by atoms with Crippen molar-refractivity contribution in [3.05, 3.63) is 76.9 Å². The van der Waals surface area contributed by atoms with Crippen molar-refractivity contribution in [3.8, 4) is 0 Å². The molecular formula is C20H22FN5O. The molecule has 4 rings (SSSR count). The van der Waals surface area contributed by atoms with E-state index < -0.39 is 0 Å². The van der Waals surface area contributed by atoms with Gasteiger partial charge in [-0.2, -0.15) is 0 Å². The standard InChI is InChI=1S/C20H22FN5O/c1-27-13-12-26-20(22-23-24-26)19(16-6-8-18(21)9-7-16)25-11-10-15-4-2-3-5-17(15)14-25/h2-9,19H,10-14H2,1H3/t19-/m0/s1. The van der Waals surface area contributed by atoms with Gasteiger partial charge in [0.05, 0.1) is 19.2 Å². The van der Waals surface area contributed by atoms with Crippen molar-refractivity contribution in [1.82, 2.24) is 25.1 Å². The van der Waals surface area contributed by atoms with E-state index in [-0.39, 0.29) is 11.9 Å². The predicted octanol–water partition coefficient (Wildman–Crippen LogP) is 2.61. The molecule has 0 unspecified atom stereocenters. The molecule has 0 aliphatic carbocycles. The van der Waals surface area contributed by atoms with Gasteiger partial charge in [-0.05, 0) is 45.7 Å². The zero-order chi connectivity index (χ0) is 18.6. The Bertz CT molecular complexity index is 895. The van der Waals surface area contributed by atoms with Gasteiger partial charge in [-0.15, -0.1) is 5.10 Å². The summed E-state index contributed by atoms with van der Waals surface area (Å²) in [6.07, 6.45) is 0.966. The van der Waals surface area contributed by atoms with E-state index in [0.29, 0.717) is 13.2 Å².